The third kappa shape index (κ3) is 8.47. The number of hydrogen-bond donors (Lipinski definition) is 2. The zero-order chi connectivity index (χ0) is 32.1. The van der Waals surface area contributed by atoms with Crippen molar-refractivity contribution in [2.24, 2.45) is 0 Å². The van der Waals surface area contributed by atoms with E-state index >= 15 is 0 Å². The highest BCUT2D eigenvalue weighted by Crippen LogP contribution is 2.31. The molecule has 2 atom stereocenters. The number of carbonyl (C=O) groups excluding carboxylic acids is 3. The molecule has 3 rings (SSSR count). The lowest BCUT2D eigenvalue weighted by molar-refractivity contribution is -0.157. The third-order valence-electron chi connectivity index (χ3n) is 5.75. The minimum absolute atomic E-state index is 0.0593. The van der Waals surface area contributed by atoms with Crippen molar-refractivity contribution in [1.29, 1.82) is 0 Å². The van der Waals surface area contributed by atoms with Gasteiger partial charge in [0.2, 0.25) is 12.2 Å². The molecule has 9 nitrogen and oxygen atoms in total. The van der Waals surface area contributed by atoms with Gasteiger partial charge in [0.1, 0.15) is 0 Å². The van der Waals surface area contributed by atoms with Crippen molar-refractivity contribution < 1.29 is 60.1 Å². The third-order valence-corrected chi connectivity index (χ3v) is 5.75. The van der Waals surface area contributed by atoms with Crippen molar-refractivity contribution in [3.05, 3.63) is 95.1 Å². The molecular weight excluding hydrogens is 590 g/mol. The largest absolute Gasteiger partial charge is 0.478 e. The predicted molar refractivity (Wildman–Crippen MR) is 138 cm³/mol. The number of nitrogens with zero attached hydrogens (tertiary/aromatic N) is 1. The van der Waals surface area contributed by atoms with Crippen LogP contribution in [0.5, 0.6) is 0 Å². The van der Waals surface area contributed by atoms with Gasteiger partial charge in [-0.25, -0.2) is 14.4 Å². The number of halogens is 6. The van der Waals surface area contributed by atoms with Crippen molar-refractivity contribution in [3.8, 4) is 0 Å². The minimum atomic E-state index is -4.87. The van der Waals surface area contributed by atoms with Gasteiger partial charge in [0.05, 0.1) is 22.3 Å². The number of anilines is 2. The summed E-state index contributed by atoms with van der Waals surface area (Å²) in [5, 5.41) is 12.0. The lowest BCUT2D eigenvalue weighted by atomic mass is 10.1. The first-order valence-corrected chi connectivity index (χ1v) is 12.0. The molecule has 3 aromatic rings. The smallest absolute Gasteiger partial charge is 0.416 e. The number of rotatable bonds is 9. The van der Waals surface area contributed by atoms with E-state index in [4.69, 9.17) is 9.47 Å². The quantitative estimate of drug-likeness (QED) is 0.248. The van der Waals surface area contributed by atoms with Gasteiger partial charge in [0.15, 0.2) is 0 Å². The Morgan fingerprint density at radius 3 is 1.56 bits per heavy atom. The molecule has 228 valence electrons. The van der Waals surface area contributed by atoms with Gasteiger partial charge in [0.25, 0.3) is 5.91 Å². The highest BCUT2D eigenvalue weighted by Gasteiger charge is 2.42. The Hall–Kier alpha value is -5.08. The van der Waals surface area contributed by atoms with Crippen LogP contribution in [0.15, 0.2) is 72.8 Å². The molecule has 0 unspecified atom stereocenters. The molecule has 0 aliphatic carbocycles. The number of esters is 2. The van der Waals surface area contributed by atoms with Crippen molar-refractivity contribution in [1.82, 2.24) is 0 Å². The molecule has 0 saturated carbocycles. The Labute approximate surface area is 239 Å². The summed E-state index contributed by atoms with van der Waals surface area (Å²) in [5.74, 6) is -6.64. The van der Waals surface area contributed by atoms with E-state index < -0.39 is 70.6 Å². The number of ether oxygens (including phenoxy) is 2. The van der Waals surface area contributed by atoms with Gasteiger partial charge in [0, 0.05) is 25.5 Å². The maximum Gasteiger partial charge on any atom is 0.416 e. The van der Waals surface area contributed by atoms with Crippen molar-refractivity contribution >= 4 is 35.2 Å². The van der Waals surface area contributed by atoms with E-state index in [0.717, 1.165) is 24.3 Å². The Morgan fingerprint density at radius 2 is 1.16 bits per heavy atom. The van der Waals surface area contributed by atoms with Crippen LogP contribution in [0.4, 0.5) is 37.7 Å². The molecule has 0 bridgehead atoms. The molecule has 0 heterocycles. The summed E-state index contributed by atoms with van der Waals surface area (Å²) in [7, 11) is 3.46. The first kappa shape index (κ1) is 32.4. The highest BCUT2D eigenvalue weighted by molar-refractivity contribution is 6.01. The van der Waals surface area contributed by atoms with Gasteiger partial charge < -0.3 is 24.8 Å². The Kier molecular flexibility index (Phi) is 9.68. The number of aliphatic carboxylic acids is 1. The maximum absolute atomic E-state index is 13.2. The molecule has 0 spiro atoms. The van der Waals surface area contributed by atoms with E-state index in [2.05, 4.69) is 5.32 Å². The van der Waals surface area contributed by atoms with Gasteiger partial charge in [-0.05, 0) is 60.7 Å². The van der Waals surface area contributed by atoms with Crippen LogP contribution in [0.25, 0.3) is 0 Å². The molecule has 2 N–H and O–H groups in total. The number of nitrogens with one attached hydrogen (secondary N) is 1. The number of benzene rings is 3. The fraction of sp³-hybridized carbons (Fsp3) is 0.214. The van der Waals surface area contributed by atoms with Gasteiger partial charge in [-0.1, -0.05) is 12.1 Å². The molecule has 0 aromatic heterocycles. The minimum Gasteiger partial charge on any atom is -0.478 e. The molecule has 0 saturated heterocycles. The topological polar surface area (TPSA) is 122 Å². The molecule has 0 fully saturated rings. The number of amides is 1. The van der Waals surface area contributed by atoms with Gasteiger partial charge in [-0.3, -0.25) is 4.79 Å². The van der Waals surface area contributed by atoms with Crippen LogP contribution in [0.2, 0.25) is 0 Å². The fourth-order valence-corrected chi connectivity index (χ4v) is 3.56. The lowest BCUT2D eigenvalue weighted by Crippen LogP contribution is -2.48. The van der Waals surface area contributed by atoms with Crippen LogP contribution in [0.1, 0.15) is 31.8 Å². The Morgan fingerprint density at radius 1 is 0.721 bits per heavy atom. The summed E-state index contributed by atoms with van der Waals surface area (Å²) in [4.78, 5) is 52.5. The number of carbonyl (C=O) groups is 4. The SMILES string of the molecule is CN(C)c1ccc(NC(=O)[C@@H](OC(=O)c2cccc(C(F)(F)F)c2)[C@@H](OC(=O)c2cccc(C(F)(F)F)c2)C(=O)O)cc1. The number of alkyl halides is 6. The van der Waals surface area contributed by atoms with Crippen LogP contribution < -0.4 is 10.2 Å². The second kappa shape index (κ2) is 12.8. The van der Waals surface area contributed by atoms with Gasteiger partial charge in [-0.15, -0.1) is 0 Å². The van der Waals surface area contributed by atoms with Gasteiger partial charge >= 0.3 is 30.3 Å². The average Bonchev–Trinajstić information content (AvgIpc) is 2.94. The molecule has 1 amide bonds. The van der Waals surface area contributed by atoms with Crippen LogP contribution in [-0.4, -0.2) is 55.2 Å². The molecule has 0 aliphatic heterocycles. The summed E-state index contributed by atoms with van der Waals surface area (Å²) in [6, 6.07) is 11.4. The first-order chi connectivity index (χ1) is 20.0. The van der Waals surface area contributed by atoms with Crippen molar-refractivity contribution in [2.45, 2.75) is 24.6 Å². The van der Waals surface area contributed by atoms with Crippen LogP contribution in [0.3, 0.4) is 0 Å². The summed E-state index contributed by atoms with van der Waals surface area (Å²) in [6.45, 7) is 0. The van der Waals surface area contributed by atoms with Crippen molar-refractivity contribution in [3.63, 3.8) is 0 Å². The fourth-order valence-electron chi connectivity index (χ4n) is 3.56. The zero-order valence-electron chi connectivity index (χ0n) is 22.2. The van der Waals surface area contributed by atoms with E-state index in [0.29, 0.717) is 30.0 Å². The molecule has 15 heteroatoms. The van der Waals surface area contributed by atoms with E-state index in [9.17, 15) is 50.6 Å². The van der Waals surface area contributed by atoms with E-state index in [1.165, 1.54) is 12.1 Å². The van der Waals surface area contributed by atoms with E-state index in [-0.39, 0.29) is 5.69 Å². The highest BCUT2D eigenvalue weighted by atomic mass is 19.4. The van der Waals surface area contributed by atoms with E-state index in [1.54, 1.807) is 31.1 Å². The summed E-state index contributed by atoms with van der Waals surface area (Å²) in [5.41, 5.74) is -3.23. The maximum atomic E-state index is 13.2. The number of carboxylic acids is 1. The normalized spacial score (nSPS) is 12.9. The second-order valence-corrected chi connectivity index (χ2v) is 9.08. The Bertz CT molecular complexity index is 1500. The monoisotopic (exact) mass is 612 g/mol. The molecule has 0 radical (unpaired) electrons. The molecule has 43 heavy (non-hydrogen) atoms. The van der Waals surface area contributed by atoms with Gasteiger partial charge in [-0.2, -0.15) is 26.3 Å². The number of hydrogen-bond acceptors (Lipinski definition) is 7. The first-order valence-electron chi connectivity index (χ1n) is 12.0. The molecular formula is C28H22F6N2O7. The van der Waals surface area contributed by atoms with Crippen LogP contribution in [-0.2, 0) is 31.4 Å². The van der Waals surface area contributed by atoms with Crippen molar-refractivity contribution in [2.75, 3.05) is 24.3 Å². The summed E-state index contributed by atoms with van der Waals surface area (Å²) < 4.78 is 88.6. The second-order valence-electron chi connectivity index (χ2n) is 9.08. The predicted octanol–water partition coefficient (Wildman–Crippen LogP) is 5.26. The molecule has 0 aliphatic rings. The van der Waals surface area contributed by atoms with Crippen LogP contribution in [0, 0.1) is 0 Å². The van der Waals surface area contributed by atoms with E-state index in [1.807, 2.05) is 0 Å². The number of carboxylic acid groups (broad SMARTS) is 1. The summed E-state index contributed by atoms with van der Waals surface area (Å²) >= 11 is 0. The average molecular weight is 612 g/mol. The summed E-state index contributed by atoms with van der Waals surface area (Å²) in [6.07, 6.45) is -14.9. The Balaban J connectivity index is 1.97. The molecule has 3 aromatic carbocycles. The zero-order valence-corrected chi connectivity index (χ0v) is 22.2. The lowest BCUT2D eigenvalue weighted by Gasteiger charge is -2.24. The van der Waals surface area contributed by atoms with Crippen LogP contribution >= 0.6 is 0 Å². The standard InChI is InChI=1S/C28H22F6N2O7/c1-36(2)20-11-9-19(10-12-20)35-23(37)21(42-25(40)15-5-3-7-17(13-15)27(29,30)31)22(24(38)39)43-26(41)16-6-4-8-18(14-16)28(32,33)34/h3-14,21-22H,1-2H3,(H,35,37)(H,38,39)/t21-,22+/m0/s1.